The summed E-state index contributed by atoms with van der Waals surface area (Å²) in [5.74, 6) is 0.830. The maximum absolute atomic E-state index is 12.3. The first-order valence-electron chi connectivity index (χ1n) is 7.30. The summed E-state index contributed by atoms with van der Waals surface area (Å²) >= 11 is 1.62. The third-order valence-electron chi connectivity index (χ3n) is 3.50. The maximum atomic E-state index is 12.3. The van der Waals surface area contributed by atoms with Gasteiger partial charge < -0.3 is 11.1 Å². The van der Waals surface area contributed by atoms with Gasteiger partial charge in [-0.3, -0.25) is 4.79 Å². The molecule has 0 spiro atoms. The Balaban J connectivity index is 1.91. The number of nitrogens with two attached hydrogens (primary N) is 1. The van der Waals surface area contributed by atoms with Crippen LogP contribution >= 0.6 is 11.8 Å². The smallest absolute Gasteiger partial charge is 0.237 e. The summed E-state index contributed by atoms with van der Waals surface area (Å²) in [6.45, 7) is 5.96. The normalized spacial score (nSPS) is 12.0. The molecule has 1 unspecified atom stereocenters. The fourth-order valence-electron chi connectivity index (χ4n) is 2.02. The molecular weight excluding hydrogens is 292 g/mol. The number of carbonyl (C=O) groups excluding carboxylic acids is 1. The number of carbonyl (C=O) groups is 1. The van der Waals surface area contributed by atoms with Crippen LogP contribution in [0.1, 0.15) is 23.6 Å². The predicted molar refractivity (Wildman–Crippen MR) is 96.2 cm³/mol. The van der Waals surface area contributed by atoms with Crippen molar-refractivity contribution in [3.05, 3.63) is 59.2 Å². The first-order chi connectivity index (χ1) is 10.5. The molecule has 0 aliphatic rings. The van der Waals surface area contributed by atoms with E-state index in [2.05, 4.69) is 5.32 Å². The highest BCUT2D eigenvalue weighted by Gasteiger charge is 2.14. The van der Waals surface area contributed by atoms with E-state index in [4.69, 9.17) is 5.73 Å². The van der Waals surface area contributed by atoms with E-state index in [1.807, 2.05) is 63.2 Å². The molecular formula is C18H22N2OS. The second-order valence-electron chi connectivity index (χ2n) is 5.50. The quantitative estimate of drug-likeness (QED) is 0.815. The van der Waals surface area contributed by atoms with Gasteiger partial charge in [-0.2, -0.15) is 0 Å². The van der Waals surface area contributed by atoms with Gasteiger partial charge >= 0.3 is 0 Å². The predicted octanol–water partition coefficient (Wildman–Crippen LogP) is 4.15. The standard InChI is InChI=1S/C18H22N2OS/c1-12-4-5-13(2)17(10-12)20-18(21)14(3)22-11-15-6-8-16(19)9-7-15/h4-10,14H,11,19H2,1-3H3,(H,20,21). The Kier molecular flexibility index (Phi) is 5.50. The van der Waals surface area contributed by atoms with E-state index in [0.717, 1.165) is 28.3 Å². The highest BCUT2D eigenvalue weighted by atomic mass is 32.2. The molecule has 0 fully saturated rings. The van der Waals surface area contributed by atoms with Crippen molar-refractivity contribution in [2.75, 3.05) is 11.1 Å². The molecule has 0 aromatic heterocycles. The molecule has 3 N–H and O–H groups in total. The van der Waals surface area contributed by atoms with Crippen LogP contribution in [0, 0.1) is 13.8 Å². The molecule has 0 bridgehead atoms. The van der Waals surface area contributed by atoms with E-state index in [1.165, 1.54) is 5.56 Å². The molecule has 0 saturated heterocycles. The molecule has 0 heterocycles. The van der Waals surface area contributed by atoms with Crippen LogP contribution in [-0.2, 0) is 10.5 Å². The summed E-state index contributed by atoms with van der Waals surface area (Å²) < 4.78 is 0. The van der Waals surface area contributed by atoms with Crippen LogP contribution in [0.4, 0.5) is 11.4 Å². The Bertz CT molecular complexity index is 653. The zero-order valence-electron chi connectivity index (χ0n) is 13.2. The summed E-state index contributed by atoms with van der Waals surface area (Å²) in [5, 5.41) is 2.90. The summed E-state index contributed by atoms with van der Waals surface area (Å²) in [7, 11) is 0. The molecule has 1 atom stereocenters. The molecule has 0 aliphatic carbocycles. The molecule has 2 aromatic rings. The van der Waals surface area contributed by atoms with Crippen LogP contribution in [0.3, 0.4) is 0 Å². The number of benzene rings is 2. The topological polar surface area (TPSA) is 55.1 Å². The average molecular weight is 314 g/mol. The largest absolute Gasteiger partial charge is 0.399 e. The number of hydrogen-bond acceptors (Lipinski definition) is 3. The van der Waals surface area contributed by atoms with Gasteiger partial charge in [0.05, 0.1) is 5.25 Å². The molecule has 22 heavy (non-hydrogen) atoms. The highest BCUT2D eigenvalue weighted by Crippen LogP contribution is 2.22. The third-order valence-corrected chi connectivity index (χ3v) is 4.71. The van der Waals surface area contributed by atoms with E-state index in [0.29, 0.717) is 0 Å². The van der Waals surface area contributed by atoms with Crippen LogP contribution in [0.15, 0.2) is 42.5 Å². The number of thioether (sulfide) groups is 1. The zero-order chi connectivity index (χ0) is 16.1. The van der Waals surface area contributed by atoms with Gasteiger partial charge in [-0.25, -0.2) is 0 Å². The van der Waals surface area contributed by atoms with Gasteiger partial charge in [0.25, 0.3) is 0 Å². The van der Waals surface area contributed by atoms with Gasteiger partial charge in [-0.1, -0.05) is 24.3 Å². The van der Waals surface area contributed by atoms with Crippen LogP contribution in [0.5, 0.6) is 0 Å². The fraction of sp³-hybridized carbons (Fsp3) is 0.278. The van der Waals surface area contributed by atoms with Gasteiger partial charge in [0.2, 0.25) is 5.91 Å². The first kappa shape index (κ1) is 16.4. The number of amides is 1. The molecule has 0 saturated carbocycles. The van der Waals surface area contributed by atoms with E-state index in [-0.39, 0.29) is 11.2 Å². The third kappa shape index (κ3) is 4.53. The molecule has 2 rings (SSSR count). The highest BCUT2D eigenvalue weighted by molar-refractivity contribution is 7.99. The van der Waals surface area contributed by atoms with Crippen molar-refractivity contribution in [1.82, 2.24) is 0 Å². The van der Waals surface area contributed by atoms with Gasteiger partial charge in [-0.15, -0.1) is 11.8 Å². The minimum Gasteiger partial charge on any atom is -0.399 e. The Labute approximate surface area is 136 Å². The van der Waals surface area contributed by atoms with Crippen molar-refractivity contribution < 1.29 is 4.79 Å². The Hall–Kier alpha value is -1.94. The number of aryl methyl sites for hydroxylation is 2. The Morgan fingerprint density at radius 2 is 1.86 bits per heavy atom. The van der Waals surface area contributed by atoms with Gasteiger partial charge in [0, 0.05) is 17.1 Å². The summed E-state index contributed by atoms with van der Waals surface area (Å²) in [5.41, 5.74) is 10.7. The Morgan fingerprint density at radius 3 is 2.55 bits per heavy atom. The number of hydrogen-bond donors (Lipinski definition) is 2. The fourth-order valence-corrected chi connectivity index (χ4v) is 2.86. The van der Waals surface area contributed by atoms with E-state index in [1.54, 1.807) is 11.8 Å². The molecule has 0 aliphatic heterocycles. The van der Waals surface area contributed by atoms with Crippen molar-refractivity contribution in [1.29, 1.82) is 0 Å². The van der Waals surface area contributed by atoms with Crippen molar-refractivity contribution in [2.45, 2.75) is 31.8 Å². The van der Waals surface area contributed by atoms with Gasteiger partial charge in [-0.05, 0) is 55.7 Å². The maximum Gasteiger partial charge on any atom is 0.237 e. The second kappa shape index (κ2) is 7.36. The minimum absolute atomic E-state index is 0.0362. The van der Waals surface area contributed by atoms with Crippen molar-refractivity contribution in [3.63, 3.8) is 0 Å². The van der Waals surface area contributed by atoms with Crippen LogP contribution < -0.4 is 11.1 Å². The second-order valence-corrected chi connectivity index (χ2v) is 6.83. The zero-order valence-corrected chi connectivity index (χ0v) is 14.0. The van der Waals surface area contributed by atoms with Gasteiger partial charge in [0.15, 0.2) is 0 Å². The van der Waals surface area contributed by atoms with E-state index in [9.17, 15) is 4.79 Å². The molecule has 1 amide bonds. The lowest BCUT2D eigenvalue weighted by Crippen LogP contribution is -2.23. The van der Waals surface area contributed by atoms with Crippen molar-refractivity contribution >= 4 is 29.0 Å². The van der Waals surface area contributed by atoms with Gasteiger partial charge in [0.1, 0.15) is 0 Å². The molecule has 4 heteroatoms. The van der Waals surface area contributed by atoms with E-state index < -0.39 is 0 Å². The monoisotopic (exact) mass is 314 g/mol. The first-order valence-corrected chi connectivity index (χ1v) is 8.34. The number of nitrogens with one attached hydrogen (secondary N) is 1. The van der Waals surface area contributed by atoms with Crippen LogP contribution in [0.25, 0.3) is 0 Å². The summed E-state index contributed by atoms with van der Waals surface area (Å²) in [6.07, 6.45) is 0. The lowest BCUT2D eigenvalue weighted by molar-refractivity contribution is -0.115. The van der Waals surface area contributed by atoms with E-state index >= 15 is 0 Å². The minimum atomic E-state index is -0.113. The molecule has 116 valence electrons. The Morgan fingerprint density at radius 1 is 1.18 bits per heavy atom. The lowest BCUT2D eigenvalue weighted by Gasteiger charge is -2.14. The average Bonchev–Trinajstić information content (AvgIpc) is 2.50. The lowest BCUT2D eigenvalue weighted by atomic mass is 10.1. The number of anilines is 2. The summed E-state index contributed by atoms with van der Waals surface area (Å²) in [6, 6.07) is 13.8. The van der Waals surface area contributed by atoms with Crippen LogP contribution in [0.2, 0.25) is 0 Å². The number of rotatable bonds is 5. The van der Waals surface area contributed by atoms with Crippen molar-refractivity contribution in [3.8, 4) is 0 Å². The SMILES string of the molecule is Cc1ccc(C)c(NC(=O)C(C)SCc2ccc(N)cc2)c1. The number of nitrogen functional groups attached to an aromatic ring is 1. The molecule has 3 nitrogen and oxygen atoms in total. The van der Waals surface area contributed by atoms with Crippen molar-refractivity contribution in [2.24, 2.45) is 0 Å². The summed E-state index contributed by atoms with van der Waals surface area (Å²) in [4.78, 5) is 12.3. The van der Waals surface area contributed by atoms with Crippen LogP contribution in [-0.4, -0.2) is 11.2 Å². The molecule has 0 radical (unpaired) electrons. The molecule has 2 aromatic carbocycles.